The molecule has 2 fully saturated rings. The lowest BCUT2D eigenvalue weighted by atomic mass is 9.81. The smallest absolute Gasteiger partial charge is 0.310 e. The quantitative estimate of drug-likeness (QED) is 0.814. The van der Waals surface area contributed by atoms with E-state index in [0.717, 1.165) is 25.3 Å². The number of rotatable bonds is 5. The molecule has 4 heteroatoms. The molecule has 114 valence electrons. The molecule has 0 radical (unpaired) electrons. The van der Waals surface area contributed by atoms with E-state index in [1.54, 1.807) is 0 Å². The second-order valence-corrected chi connectivity index (χ2v) is 6.90. The van der Waals surface area contributed by atoms with Gasteiger partial charge in [0.05, 0.1) is 5.41 Å². The van der Waals surface area contributed by atoms with Crippen LogP contribution >= 0.6 is 0 Å². The van der Waals surface area contributed by atoms with Gasteiger partial charge in [0.25, 0.3) is 0 Å². The minimum Gasteiger partial charge on any atom is -0.481 e. The van der Waals surface area contributed by atoms with E-state index < -0.39 is 11.4 Å². The summed E-state index contributed by atoms with van der Waals surface area (Å²) < 4.78 is 0. The normalized spacial score (nSPS) is 29.1. The van der Waals surface area contributed by atoms with Crippen LogP contribution in [0.2, 0.25) is 0 Å². The molecule has 0 atom stereocenters. The van der Waals surface area contributed by atoms with Crippen LogP contribution in [-0.2, 0) is 9.59 Å². The van der Waals surface area contributed by atoms with Crippen LogP contribution in [0.25, 0.3) is 0 Å². The fourth-order valence-corrected chi connectivity index (χ4v) is 3.68. The van der Waals surface area contributed by atoms with Gasteiger partial charge in [0, 0.05) is 13.0 Å². The van der Waals surface area contributed by atoms with Crippen LogP contribution in [-0.4, -0.2) is 23.5 Å². The van der Waals surface area contributed by atoms with E-state index in [-0.39, 0.29) is 12.3 Å². The van der Waals surface area contributed by atoms with Gasteiger partial charge in [-0.05, 0) is 37.5 Å². The molecule has 0 aliphatic heterocycles. The number of hydrogen-bond acceptors (Lipinski definition) is 2. The number of hydrogen-bond donors (Lipinski definition) is 2. The Morgan fingerprint density at radius 1 is 1.15 bits per heavy atom. The first-order chi connectivity index (χ1) is 9.52. The van der Waals surface area contributed by atoms with Gasteiger partial charge in [-0.2, -0.15) is 0 Å². The molecule has 0 aromatic rings. The molecule has 0 saturated heterocycles. The van der Waals surface area contributed by atoms with Gasteiger partial charge >= 0.3 is 5.97 Å². The first-order valence-electron chi connectivity index (χ1n) is 8.02. The van der Waals surface area contributed by atoms with Gasteiger partial charge in [-0.25, -0.2) is 0 Å². The number of carboxylic acids is 1. The number of amides is 1. The Labute approximate surface area is 121 Å². The van der Waals surface area contributed by atoms with Gasteiger partial charge in [0.2, 0.25) is 5.91 Å². The zero-order valence-electron chi connectivity index (χ0n) is 12.5. The summed E-state index contributed by atoms with van der Waals surface area (Å²) in [6.07, 6.45) is 8.19. The highest BCUT2D eigenvalue weighted by Gasteiger charge is 2.42. The molecule has 2 N–H and O–H groups in total. The fourth-order valence-electron chi connectivity index (χ4n) is 3.68. The number of carbonyl (C=O) groups is 2. The zero-order chi connectivity index (χ0) is 14.6. The van der Waals surface area contributed by atoms with E-state index in [9.17, 15) is 14.7 Å². The summed E-state index contributed by atoms with van der Waals surface area (Å²) in [5, 5.41) is 12.4. The maximum Gasteiger partial charge on any atom is 0.310 e. The molecule has 2 saturated carbocycles. The van der Waals surface area contributed by atoms with Crippen molar-refractivity contribution in [1.29, 1.82) is 0 Å². The Morgan fingerprint density at radius 2 is 1.75 bits per heavy atom. The molecule has 0 aromatic carbocycles. The minimum atomic E-state index is -0.795. The maximum atomic E-state index is 12.0. The van der Waals surface area contributed by atoms with Crippen molar-refractivity contribution >= 4 is 11.9 Å². The van der Waals surface area contributed by atoms with E-state index in [0.29, 0.717) is 18.8 Å². The minimum absolute atomic E-state index is 0.0760. The summed E-state index contributed by atoms with van der Waals surface area (Å²) in [5.41, 5.74) is -0.787. The van der Waals surface area contributed by atoms with E-state index in [4.69, 9.17) is 0 Å². The van der Waals surface area contributed by atoms with E-state index in [1.807, 2.05) is 0 Å². The van der Waals surface area contributed by atoms with Crippen LogP contribution in [0.15, 0.2) is 0 Å². The molecule has 1 amide bonds. The highest BCUT2D eigenvalue weighted by Crippen LogP contribution is 2.41. The summed E-state index contributed by atoms with van der Waals surface area (Å²) in [4.78, 5) is 23.5. The average molecular weight is 281 g/mol. The predicted molar refractivity (Wildman–Crippen MR) is 77.3 cm³/mol. The van der Waals surface area contributed by atoms with Crippen molar-refractivity contribution in [1.82, 2.24) is 5.32 Å². The van der Waals surface area contributed by atoms with Gasteiger partial charge < -0.3 is 10.4 Å². The maximum absolute atomic E-state index is 12.0. The Bertz CT molecular complexity index is 353. The summed E-state index contributed by atoms with van der Waals surface area (Å²) in [6.45, 7) is 3.01. The topological polar surface area (TPSA) is 66.4 Å². The first-order valence-corrected chi connectivity index (χ1v) is 8.02. The van der Waals surface area contributed by atoms with Crippen molar-refractivity contribution in [3.8, 4) is 0 Å². The molecule has 2 aliphatic carbocycles. The standard InChI is InChI=1S/C16H27NO3/c1-12-4-6-13(7-5-12)11-17-14(18)10-16(15(19)20)8-2-3-9-16/h12-13H,2-11H2,1H3,(H,17,18)(H,19,20). The molecule has 0 spiro atoms. The van der Waals surface area contributed by atoms with E-state index in [2.05, 4.69) is 12.2 Å². The van der Waals surface area contributed by atoms with Crippen molar-refractivity contribution in [2.75, 3.05) is 6.54 Å². The summed E-state index contributed by atoms with van der Waals surface area (Å²) in [7, 11) is 0. The van der Waals surface area contributed by atoms with Crippen LogP contribution in [0.3, 0.4) is 0 Å². The lowest BCUT2D eigenvalue weighted by molar-refractivity contribution is -0.151. The van der Waals surface area contributed by atoms with Crippen molar-refractivity contribution in [3.05, 3.63) is 0 Å². The highest BCUT2D eigenvalue weighted by molar-refractivity contribution is 5.85. The van der Waals surface area contributed by atoms with Crippen LogP contribution in [0.4, 0.5) is 0 Å². The largest absolute Gasteiger partial charge is 0.481 e. The zero-order valence-corrected chi connectivity index (χ0v) is 12.5. The van der Waals surface area contributed by atoms with Crippen molar-refractivity contribution in [2.24, 2.45) is 17.3 Å². The number of aliphatic carboxylic acids is 1. The number of nitrogens with one attached hydrogen (secondary N) is 1. The number of carbonyl (C=O) groups excluding carboxylic acids is 1. The third-order valence-corrected chi connectivity index (χ3v) is 5.24. The molecular weight excluding hydrogens is 254 g/mol. The molecule has 4 nitrogen and oxygen atoms in total. The van der Waals surface area contributed by atoms with Gasteiger partial charge in [-0.3, -0.25) is 9.59 Å². The van der Waals surface area contributed by atoms with Crippen molar-refractivity contribution in [2.45, 2.75) is 64.7 Å². The molecular formula is C16H27NO3. The summed E-state index contributed by atoms with van der Waals surface area (Å²) >= 11 is 0. The lowest BCUT2D eigenvalue weighted by Crippen LogP contribution is -2.37. The summed E-state index contributed by atoms with van der Waals surface area (Å²) in [5.74, 6) is 0.528. The fraction of sp³-hybridized carbons (Fsp3) is 0.875. The van der Waals surface area contributed by atoms with E-state index in [1.165, 1.54) is 25.7 Å². The molecule has 0 unspecified atom stereocenters. The van der Waals surface area contributed by atoms with Crippen LogP contribution in [0.5, 0.6) is 0 Å². The molecule has 0 aromatic heterocycles. The van der Waals surface area contributed by atoms with Crippen molar-refractivity contribution in [3.63, 3.8) is 0 Å². The third-order valence-electron chi connectivity index (χ3n) is 5.24. The number of carboxylic acid groups (broad SMARTS) is 1. The SMILES string of the molecule is CC1CCC(CNC(=O)CC2(C(=O)O)CCCC2)CC1. The third kappa shape index (κ3) is 3.74. The molecule has 0 bridgehead atoms. The summed E-state index contributed by atoms with van der Waals surface area (Å²) in [6, 6.07) is 0. The second-order valence-electron chi connectivity index (χ2n) is 6.90. The molecule has 2 rings (SSSR count). The lowest BCUT2D eigenvalue weighted by Gasteiger charge is -2.27. The molecule has 20 heavy (non-hydrogen) atoms. The van der Waals surface area contributed by atoms with Gasteiger partial charge in [-0.1, -0.05) is 32.6 Å². The van der Waals surface area contributed by atoms with Crippen LogP contribution in [0, 0.1) is 17.3 Å². The van der Waals surface area contributed by atoms with Gasteiger partial charge in [0.15, 0.2) is 0 Å². The van der Waals surface area contributed by atoms with Crippen LogP contribution in [0.1, 0.15) is 64.7 Å². The first kappa shape index (κ1) is 15.3. The highest BCUT2D eigenvalue weighted by atomic mass is 16.4. The predicted octanol–water partition coefficient (Wildman–Crippen LogP) is 2.96. The Hall–Kier alpha value is -1.06. The second kappa shape index (κ2) is 6.59. The van der Waals surface area contributed by atoms with Crippen LogP contribution < -0.4 is 5.32 Å². The monoisotopic (exact) mass is 281 g/mol. The van der Waals surface area contributed by atoms with Crippen molar-refractivity contribution < 1.29 is 14.7 Å². The Balaban J connectivity index is 1.76. The molecule has 2 aliphatic rings. The van der Waals surface area contributed by atoms with E-state index >= 15 is 0 Å². The molecule has 0 heterocycles. The Morgan fingerprint density at radius 3 is 2.30 bits per heavy atom. The van der Waals surface area contributed by atoms with Gasteiger partial charge in [0.1, 0.15) is 0 Å². The van der Waals surface area contributed by atoms with Gasteiger partial charge in [-0.15, -0.1) is 0 Å². The average Bonchev–Trinajstić information content (AvgIpc) is 2.88. The Kier molecular flexibility index (Phi) is 5.06.